The van der Waals surface area contributed by atoms with Gasteiger partial charge in [-0.05, 0) is 33.3 Å². The van der Waals surface area contributed by atoms with E-state index in [2.05, 4.69) is 81.4 Å². The molecule has 0 saturated heterocycles. The highest BCUT2D eigenvalue weighted by Crippen LogP contribution is 2.70. The van der Waals surface area contributed by atoms with Crippen LogP contribution >= 0.6 is 7.92 Å². The average molecular weight is 280 g/mol. The second kappa shape index (κ2) is 5.19. The van der Waals surface area contributed by atoms with Crippen molar-refractivity contribution in [3.05, 3.63) is 71.8 Å². The minimum atomic E-state index is -0.0618. The van der Waals surface area contributed by atoms with Gasteiger partial charge in [0.05, 0.1) is 0 Å². The van der Waals surface area contributed by atoms with Gasteiger partial charge in [0.2, 0.25) is 0 Å². The molecule has 0 aliphatic carbocycles. The summed E-state index contributed by atoms with van der Waals surface area (Å²) in [4.78, 5) is 0. The minimum absolute atomic E-state index is 0.0618. The van der Waals surface area contributed by atoms with E-state index in [-0.39, 0.29) is 7.92 Å². The van der Waals surface area contributed by atoms with E-state index in [9.17, 15) is 0 Å². The summed E-state index contributed by atoms with van der Waals surface area (Å²) >= 11 is 0. The Balaban J connectivity index is 2.10. The van der Waals surface area contributed by atoms with Gasteiger partial charge in [-0.15, -0.1) is 0 Å². The molecule has 2 aromatic rings. The summed E-state index contributed by atoms with van der Waals surface area (Å²) in [6.07, 6.45) is 1.26. The summed E-state index contributed by atoms with van der Waals surface area (Å²) in [7, 11) is -0.0618. The molecule has 0 fully saturated rings. The first-order chi connectivity index (χ1) is 9.57. The van der Waals surface area contributed by atoms with E-state index < -0.39 is 0 Å². The van der Waals surface area contributed by atoms with Crippen LogP contribution in [0.5, 0.6) is 0 Å². The topological polar surface area (TPSA) is 0 Å². The number of benzene rings is 2. The molecule has 20 heavy (non-hydrogen) atoms. The summed E-state index contributed by atoms with van der Waals surface area (Å²) < 4.78 is 0. The molecule has 0 spiro atoms. The molecule has 2 aromatic carbocycles. The highest BCUT2D eigenvalue weighted by molar-refractivity contribution is 7.73. The Morgan fingerprint density at radius 2 is 1.25 bits per heavy atom. The van der Waals surface area contributed by atoms with Crippen LogP contribution in [0.3, 0.4) is 0 Å². The van der Waals surface area contributed by atoms with Crippen LogP contribution in [-0.4, -0.2) is 11.3 Å². The fourth-order valence-corrected chi connectivity index (χ4v) is 5.43. The van der Waals surface area contributed by atoms with Crippen LogP contribution in [0.2, 0.25) is 0 Å². The number of hydrogen-bond donors (Lipinski definition) is 0. The zero-order valence-corrected chi connectivity index (χ0v) is 13.3. The molecule has 0 bridgehead atoms. The van der Waals surface area contributed by atoms with E-state index in [1.807, 2.05) is 0 Å². The standard InChI is InChI=1S/C19H21P/c1-19(2,3)20-14-17(15-10-6-4-7-11-15)18(20)16-12-8-5-9-13-16/h4-13H,14H2,1-3H3. The quantitative estimate of drug-likeness (QED) is 0.605. The Morgan fingerprint density at radius 3 is 1.75 bits per heavy atom. The van der Waals surface area contributed by atoms with Crippen molar-refractivity contribution < 1.29 is 0 Å². The Kier molecular flexibility index (Phi) is 3.52. The molecule has 102 valence electrons. The molecule has 1 atom stereocenters. The lowest BCUT2D eigenvalue weighted by atomic mass is 10.0. The van der Waals surface area contributed by atoms with Gasteiger partial charge in [0.1, 0.15) is 0 Å². The SMILES string of the molecule is CC(C)(C)P1CC(c2ccccc2)=C1c1ccccc1. The Labute approximate surface area is 123 Å². The molecule has 3 rings (SSSR count). The Bertz CT molecular complexity index is 618. The lowest BCUT2D eigenvalue weighted by molar-refractivity contribution is 0.787. The zero-order chi connectivity index (χ0) is 14.2. The van der Waals surface area contributed by atoms with Gasteiger partial charge in [0, 0.05) is 0 Å². The summed E-state index contributed by atoms with van der Waals surface area (Å²) in [6, 6.07) is 21.8. The van der Waals surface area contributed by atoms with Crippen molar-refractivity contribution in [1.29, 1.82) is 0 Å². The van der Waals surface area contributed by atoms with Crippen LogP contribution in [-0.2, 0) is 0 Å². The monoisotopic (exact) mass is 280 g/mol. The fourth-order valence-electron chi connectivity index (χ4n) is 2.75. The van der Waals surface area contributed by atoms with Crippen molar-refractivity contribution in [2.75, 3.05) is 6.16 Å². The predicted molar refractivity (Wildman–Crippen MR) is 91.2 cm³/mol. The van der Waals surface area contributed by atoms with E-state index in [1.165, 1.54) is 17.3 Å². The fraction of sp³-hybridized carbons (Fsp3) is 0.263. The lowest BCUT2D eigenvalue weighted by Gasteiger charge is -2.43. The van der Waals surface area contributed by atoms with E-state index in [0.29, 0.717) is 5.16 Å². The maximum atomic E-state index is 2.38. The number of allylic oxidation sites excluding steroid dienone is 1. The molecule has 0 N–H and O–H groups in total. The number of rotatable bonds is 2. The van der Waals surface area contributed by atoms with Crippen LogP contribution in [0.25, 0.3) is 10.9 Å². The Hall–Kier alpha value is -1.39. The lowest BCUT2D eigenvalue weighted by Crippen LogP contribution is -2.21. The van der Waals surface area contributed by atoms with Crippen molar-refractivity contribution >= 4 is 18.8 Å². The highest BCUT2D eigenvalue weighted by atomic mass is 31.1. The van der Waals surface area contributed by atoms with Crippen LogP contribution in [0.4, 0.5) is 0 Å². The molecule has 1 unspecified atom stereocenters. The molecule has 0 radical (unpaired) electrons. The maximum absolute atomic E-state index is 2.38. The van der Waals surface area contributed by atoms with Crippen molar-refractivity contribution in [3.8, 4) is 0 Å². The summed E-state index contributed by atoms with van der Waals surface area (Å²) in [6.45, 7) is 7.14. The van der Waals surface area contributed by atoms with Gasteiger partial charge in [-0.25, -0.2) is 0 Å². The largest absolute Gasteiger partial charge is 0.0643 e. The molecule has 0 aromatic heterocycles. The zero-order valence-electron chi connectivity index (χ0n) is 12.4. The third-order valence-electron chi connectivity index (χ3n) is 3.85. The second-order valence-electron chi connectivity index (χ2n) is 6.32. The molecular weight excluding hydrogens is 259 g/mol. The highest BCUT2D eigenvalue weighted by Gasteiger charge is 2.38. The second-order valence-corrected chi connectivity index (χ2v) is 9.28. The van der Waals surface area contributed by atoms with Crippen LogP contribution in [0.1, 0.15) is 31.9 Å². The van der Waals surface area contributed by atoms with Crippen LogP contribution < -0.4 is 0 Å². The molecule has 1 heterocycles. The van der Waals surface area contributed by atoms with Crippen LogP contribution in [0, 0.1) is 0 Å². The average Bonchev–Trinajstić information content (AvgIpc) is 2.38. The van der Waals surface area contributed by atoms with Gasteiger partial charge < -0.3 is 0 Å². The first kappa shape index (κ1) is 13.6. The summed E-state index contributed by atoms with van der Waals surface area (Å²) in [5.74, 6) is 0. The maximum Gasteiger partial charge on any atom is -0.00153 e. The Morgan fingerprint density at radius 1 is 0.750 bits per heavy atom. The van der Waals surface area contributed by atoms with Crippen molar-refractivity contribution in [2.45, 2.75) is 25.9 Å². The molecule has 1 aliphatic rings. The van der Waals surface area contributed by atoms with E-state index in [0.717, 1.165) is 0 Å². The summed E-state index contributed by atoms with van der Waals surface area (Å²) in [5, 5.41) is 2.00. The summed E-state index contributed by atoms with van der Waals surface area (Å²) in [5.41, 5.74) is 4.37. The molecule has 0 saturated carbocycles. The third kappa shape index (κ3) is 2.45. The molecule has 1 heteroatoms. The molecule has 1 aliphatic heterocycles. The minimum Gasteiger partial charge on any atom is -0.0643 e. The predicted octanol–water partition coefficient (Wildman–Crippen LogP) is 5.85. The van der Waals surface area contributed by atoms with Gasteiger partial charge >= 0.3 is 0 Å². The first-order valence-electron chi connectivity index (χ1n) is 7.19. The molecular formula is C19H21P. The third-order valence-corrected chi connectivity index (χ3v) is 7.17. The van der Waals surface area contributed by atoms with Gasteiger partial charge in [0.15, 0.2) is 0 Å². The van der Waals surface area contributed by atoms with Gasteiger partial charge in [-0.1, -0.05) is 89.4 Å². The van der Waals surface area contributed by atoms with Gasteiger partial charge in [0.25, 0.3) is 0 Å². The van der Waals surface area contributed by atoms with Crippen molar-refractivity contribution in [3.63, 3.8) is 0 Å². The number of hydrogen-bond acceptors (Lipinski definition) is 0. The van der Waals surface area contributed by atoms with Crippen molar-refractivity contribution in [1.82, 2.24) is 0 Å². The van der Waals surface area contributed by atoms with Gasteiger partial charge in [-0.2, -0.15) is 0 Å². The van der Waals surface area contributed by atoms with E-state index in [4.69, 9.17) is 0 Å². The smallest absolute Gasteiger partial charge is 0.00153 e. The first-order valence-corrected chi connectivity index (χ1v) is 8.72. The molecule has 0 nitrogen and oxygen atoms in total. The van der Waals surface area contributed by atoms with Crippen LogP contribution in [0.15, 0.2) is 60.7 Å². The normalized spacial score (nSPS) is 18.9. The van der Waals surface area contributed by atoms with E-state index in [1.54, 1.807) is 10.9 Å². The van der Waals surface area contributed by atoms with Gasteiger partial charge in [-0.3, -0.25) is 0 Å². The van der Waals surface area contributed by atoms with E-state index >= 15 is 0 Å². The molecule has 0 amide bonds. The van der Waals surface area contributed by atoms with Crippen molar-refractivity contribution in [2.24, 2.45) is 0 Å².